The highest BCUT2D eigenvalue weighted by Gasteiger charge is 2.33. The van der Waals surface area contributed by atoms with Gasteiger partial charge in [0.2, 0.25) is 0 Å². The summed E-state index contributed by atoms with van der Waals surface area (Å²) in [7, 11) is 3.33. The molecule has 72 valence electrons. The van der Waals surface area contributed by atoms with Crippen molar-refractivity contribution < 1.29 is 13.3 Å². The van der Waals surface area contributed by atoms with E-state index in [-0.39, 0.29) is 0 Å². The van der Waals surface area contributed by atoms with E-state index < -0.39 is 8.80 Å². The predicted octanol–water partition coefficient (Wildman–Crippen LogP) is 0.0850. The van der Waals surface area contributed by atoms with E-state index in [0.29, 0.717) is 0 Å². The summed E-state index contributed by atoms with van der Waals surface area (Å²) in [5.74, 6) is 0. The second kappa shape index (κ2) is 8.89. The first kappa shape index (κ1) is 14.3. The lowest BCUT2D eigenvalue weighted by atomic mass is 11.3. The van der Waals surface area contributed by atoms with Gasteiger partial charge in [-0.05, 0) is 5.70 Å². The number of hydrogen-bond acceptors (Lipinski definition) is 3. The third kappa shape index (κ3) is 5.44. The molecule has 0 aliphatic heterocycles. The van der Waals surface area contributed by atoms with E-state index in [1.807, 2.05) is 5.70 Å². The van der Waals surface area contributed by atoms with Crippen LogP contribution in [0.15, 0.2) is 24.6 Å². The third-order valence-electron chi connectivity index (χ3n) is 1.10. The molecule has 0 fully saturated rings. The van der Waals surface area contributed by atoms with Crippen molar-refractivity contribution in [3.05, 3.63) is 24.6 Å². The van der Waals surface area contributed by atoms with Crippen molar-refractivity contribution in [3.8, 4) is 0 Å². The molecule has 0 bridgehead atoms. The Balaban J connectivity index is 0. The van der Waals surface area contributed by atoms with Crippen molar-refractivity contribution in [2.75, 3.05) is 21.3 Å². The first-order valence-electron chi connectivity index (χ1n) is 3.52. The quantitative estimate of drug-likeness (QED) is 0.610. The standard InChI is InChI=1S/C5H12O3Si.C2H6Si/c1-5-9(6-2,7-3)8-4;1-2-3/h5H,1H2,2-4H3;2H,1H2,3H3. The number of hydrogen-bond donors (Lipinski definition) is 0. The highest BCUT2D eigenvalue weighted by Crippen LogP contribution is 2.04. The Morgan fingerprint density at radius 3 is 1.33 bits per heavy atom. The smallest absolute Gasteiger partial charge is 0.374 e. The summed E-state index contributed by atoms with van der Waals surface area (Å²) in [6, 6.07) is 0. The van der Waals surface area contributed by atoms with Crippen molar-refractivity contribution in [2.45, 2.75) is 0 Å². The molecule has 0 unspecified atom stereocenters. The minimum atomic E-state index is -2.43. The van der Waals surface area contributed by atoms with Gasteiger partial charge in [0, 0.05) is 31.6 Å². The summed E-state index contributed by atoms with van der Waals surface area (Å²) in [5, 5.41) is 0. The van der Waals surface area contributed by atoms with Crippen LogP contribution in [-0.2, 0) is 13.3 Å². The molecule has 0 spiro atoms. The molecule has 3 nitrogen and oxygen atoms in total. The zero-order chi connectivity index (χ0) is 10.0. The zero-order valence-corrected chi connectivity index (χ0v) is 11.3. The largest absolute Gasteiger partial charge is 0.528 e. The highest BCUT2D eigenvalue weighted by atomic mass is 28.4. The van der Waals surface area contributed by atoms with Crippen LogP contribution in [0.25, 0.3) is 0 Å². The Morgan fingerprint density at radius 2 is 1.33 bits per heavy atom. The van der Waals surface area contributed by atoms with Crippen LogP contribution in [-0.4, -0.2) is 40.4 Å². The lowest BCUT2D eigenvalue weighted by Crippen LogP contribution is -2.40. The second-order valence-electron chi connectivity index (χ2n) is 1.83. The summed E-state index contributed by atoms with van der Waals surface area (Å²) in [6.45, 7) is 6.96. The topological polar surface area (TPSA) is 27.7 Å². The molecule has 0 N–H and O–H groups in total. The minimum absolute atomic E-state index is 1.13. The van der Waals surface area contributed by atoms with Gasteiger partial charge in [-0.25, -0.2) is 0 Å². The molecule has 0 aliphatic rings. The van der Waals surface area contributed by atoms with Crippen LogP contribution in [0.5, 0.6) is 0 Å². The van der Waals surface area contributed by atoms with Crippen molar-refractivity contribution in [3.63, 3.8) is 0 Å². The molecule has 0 aromatic rings. The summed E-state index contributed by atoms with van der Waals surface area (Å²) in [4.78, 5) is 0. The van der Waals surface area contributed by atoms with Gasteiger partial charge in [-0.2, -0.15) is 0 Å². The fraction of sp³-hybridized carbons (Fsp3) is 0.429. The fourth-order valence-corrected chi connectivity index (χ4v) is 1.50. The van der Waals surface area contributed by atoms with E-state index in [1.165, 1.54) is 0 Å². The maximum atomic E-state index is 4.96. The van der Waals surface area contributed by atoms with E-state index in [9.17, 15) is 0 Å². The molecule has 12 heavy (non-hydrogen) atoms. The van der Waals surface area contributed by atoms with E-state index in [2.05, 4.69) is 13.2 Å². The maximum absolute atomic E-state index is 4.96. The Bertz CT molecular complexity index is 116. The lowest BCUT2D eigenvalue weighted by molar-refractivity contribution is 0.138. The van der Waals surface area contributed by atoms with Gasteiger partial charge in [0.1, 0.15) is 0 Å². The average molecular weight is 206 g/mol. The Labute approximate surface area is 78.8 Å². The molecular formula is C7H18O3Si2. The molecule has 5 heteroatoms. The fourth-order valence-electron chi connectivity index (χ4n) is 0.500. The van der Waals surface area contributed by atoms with Gasteiger partial charge >= 0.3 is 8.80 Å². The van der Waals surface area contributed by atoms with Crippen molar-refractivity contribution >= 4 is 19.0 Å². The van der Waals surface area contributed by atoms with Crippen LogP contribution in [0.1, 0.15) is 0 Å². The molecule has 0 saturated carbocycles. The molecule has 0 atom stereocenters. The Hall–Kier alpha value is -0.206. The van der Waals surface area contributed by atoms with Crippen molar-refractivity contribution in [2.24, 2.45) is 0 Å². The summed E-state index contributed by atoms with van der Waals surface area (Å²) in [5.41, 5.74) is 3.47. The minimum Gasteiger partial charge on any atom is -0.374 e. The van der Waals surface area contributed by atoms with Crippen molar-refractivity contribution in [1.82, 2.24) is 0 Å². The average Bonchev–Trinajstić information content (AvgIpc) is 2.11. The van der Waals surface area contributed by atoms with Crippen molar-refractivity contribution in [1.29, 1.82) is 0 Å². The highest BCUT2D eigenvalue weighted by molar-refractivity contribution is 6.66. The third-order valence-corrected chi connectivity index (χ3v) is 3.31. The molecule has 0 radical (unpaired) electrons. The SMILES string of the molecule is C=C[SiH3].C=C[Si](OC)(OC)OC. The molecular weight excluding hydrogens is 188 g/mol. The van der Waals surface area contributed by atoms with Gasteiger partial charge in [-0.3, -0.25) is 0 Å². The molecule has 0 rings (SSSR count). The van der Waals surface area contributed by atoms with Gasteiger partial charge in [-0.15, -0.1) is 12.3 Å². The molecule has 0 aromatic heterocycles. The molecule has 0 saturated heterocycles. The van der Waals surface area contributed by atoms with Gasteiger partial charge in [0.15, 0.2) is 0 Å². The molecule has 0 amide bonds. The van der Waals surface area contributed by atoms with Gasteiger partial charge < -0.3 is 13.3 Å². The van der Waals surface area contributed by atoms with Crippen LogP contribution in [0.3, 0.4) is 0 Å². The Morgan fingerprint density at radius 1 is 1.08 bits per heavy atom. The van der Waals surface area contributed by atoms with Gasteiger partial charge in [-0.1, -0.05) is 6.58 Å². The normalized spacial score (nSPS) is 9.92. The van der Waals surface area contributed by atoms with E-state index in [1.54, 1.807) is 27.0 Å². The van der Waals surface area contributed by atoms with Gasteiger partial charge in [0.25, 0.3) is 0 Å². The van der Waals surface area contributed by atoms with Crippen LogP contribution < -0.4 is 0 Å². The predicted molar refractivity (Wildman–Crippen MR) is 57.1 cm³/mol. The van der Waals surface area contributed by atoms with E-state index in [0.717, 1.165) is 10.2 Å². The zero-order valence-electron chi connectivity index (χ0n) is 8.29. The van der Waals surface area contributed by atoms with E-state index >= 15 is 0 Å². The first-order valence-corrected chi connectivity index (χ1v) is 6.48. The molecule has 0 aliphatic carbocycles. The van der Waals surface area contributed by atoms with E-state index in [4.69, 9.17) is 13.3 Å². The van der Waals surface area contributed by atoms with Crippen LogP contribution in [0.2, 0.25) is 0 Å². The monoisotopic (exact) mass is 206 g/mol. The van der Waals surface area contributed by atoms with Crippen LogP contribution in [0, 0.1) is 0 Å². The summed E-state index contributed by atoms with van der Waals surface area (Å²) >= 11 is 0. The number of rotatable bonds is 4. The van der Waals surface area contributed by atoms with Gasteiger partial charge in [0.05, 0.1) is 0 Å². The maximum Gasteiger partial charge on any atom is 0.528 e. The Kier molecular flexibility index (Phi) is 10.6. The van der Waals surface area contributed by atoms with Crippen LogP contribution >= 0.6 is 0 Å². The van der Waals surface area contributed by atoms with Crippen LogP contribution in [0.4, 0.5) is 0 Å². The second-order valence-corrected chi connectivity index (χ2v) is 5.48. The summed E-state index contributed by atoms with van der Waals surface area (Å²) in [6.07, 6.45) is 0. The molecule has 0 heterocycles. The molecule has 0 aromatic carbocycles. The first-order chi connectivity index (χ1) is 5.66. The summed E-state index contributed by atoms with van der Waals surface area (Å²) < 4.78 is 14.9. The lowest BCUT2D eigenvalue weighted by Gasteiger charge is -2.19.